The van der Waals surface area contributed by atoms with E-state index in [1.807, 2.05) is 12.1 Å². The number of hydrogen-bond acceptors (Lipinski definition) is 4. The highest BCUT2D eigenvalue weighted by Crippen LogP contribution is 2.37. The fraction of sp³-hybridized carbons (Fsp3) is 0.500. The van der Waals surface area contributed by atoms with Crippen LogP contribution in [0.5, 0.6) is 0 Å². The second-order valence-corrected chi connectivity index (χ2v) is 5.02. The van der Waals surface area contributed by atoms with Crippen molar-refractivity contribution in [1.29, 1.82) is 0 Å². The van der Waals surface area contributed by atoms with E-state index in [1.165, 1.54) is 0 Å². The molecule has 2 heterocycles. The summed E-state index contributed by atoms with van der Waals surface area (Å²) in [6, 6.07) is 3.78. The second-order valence-electron chi connectivity index (χ2n) is 4.27. The first-order valence-corrected chi connectivity index (χ1v) is 6.61. The highest BCUT2D eigenvalue weighted by Gasteiger charge is 2.37. The molecule has 2 rings (SSSR count). The van der Waals surface area contributed by atoms with Gasteiger partial charge in [0.1, 0.15) is 11.2 Å². The average Bonchev–Trinajstić information content (AvgIpc) is 2.38. The Hall–Kier alpha value is -0.980. The summed E-state index contributed by atoms with van der Waals surface area (Å²) in [6.45, 7) is 1.32. The Kier molecular flexibility index (Phi) is 4.31. The Balaban J connectivity index is 2.29. The van der Waals surface area contributed by atoms with Crippen LogP contribution in [0, 0.1) is 0 Å². The van der Waals surface area contributed by atoms with Gasteiger partial charge in [-0.3, -0.25) is 0 Å². The van der Waals surface area contributed by atoms with Crippen LogP contribution in [0.15, 0.2) is 22.9 Å². The number of carbonyl (C=O) groups is 1. The van der Waals surface area contributed by atoms with Gasteiger partial charge in [0.05, 0.1) is 5.60 Å². The molecule has 18 heavy (non-hydrogen) atoms. The fourth-order valence-electron chi connectivity index (χ4n) is 2.25. The first-order chi connectivity index (χ1) is 8.64. The molecule has 1 saturated heterocycles. The molecule has 0 saturated carbocycles. The predicted octanol–water partition coefficient (Wildman–Crippen LogP) is 1.52. The second kappa shape index (κ2) is 5.77. The summed E-state index contributed by atoms with van der Waals surface area (Å²) in [5, 5.41) is 12.1. The molecule has 1 aromatic rings. The minimum absolute atomic E-state index is 0.290. The molecule has 6 heteroatoms. The monoisotopic (exact) mass is 314 g/mol. The Morgan fingerprint density at radius 2 is 2.28 bits per heavy atom. The van der Waals surface area contributed by atoms with E-state index in [4.69, 9.17) is 9.84 Å². The van der Waals surface area contributed by atoms with E-state index >= 15 is 0 Å². The predicted molar refractivity (Wildman–Crippen MR) is 69.3 cm³/mol. The van der Waals surface area contributed by atoms with Gasteiger partial charge in [-0.25, -0.2) is 9.78 Å². The van der Waals surface area contributed by atoms with E-state index < -0.39 is 11.6 Å². The summed E-state index contributed by atoms with van der Waals surface area (Å²) >= 11 is 3.42. The standard InChI is InChI=1S/C12H15BrN2O3/c13-11-9(2-1-5-15-11)12(18-8-10(16)17)3-6-14-7-4-12/h1-2,5,14H,3-4,6-8H2,(H,16,17). The molecule has 1 aliphatic heterocycles. The van der Waals surface area contributed by atoms with Gasteiger partial charge >= 0.3 is 5.97 Å². The van der Waals surface area contributed by atoms with Gasteiger partial charge < -0.3 is 15.2 Å². The minimum Gasteiger partial charge on any atom is -0.480 e. The van der Waals surface area contributed by atoms with Crippen molar-refractivity contribution in [2.24, 2.45) is 0 Å². The van der Waals surface area contributed by atoms with Gasteiger partial charge in [0, 0.05) is 11.8 Å². The molecular formula is C12H15BrN2O3. The Morgan fingerprint density at radius 1 is 1.56 bits per heavy atom. The van der Waals surface area contributed by atoms with Crippen molar-refractivity contribution in [3.63, 3.8) is 0 Å². The molecule has 98 valence electrons. The average molecular weight is 315 g/mol. The molecule has 1 fully saturated rings. The third-order valence-electron chi connectivity index (χ3n) is 3.13. The maximum absolute atomic E-state index is 10.7. The van der Waals surface area contributed by atoms with Crippen LogP contribution in [0.1, 0.15) is 18.4 Å². The summed E-state index contributed by atoms with van der Waals surface area (Å²) in [4.78, 5) is 14.9. The number of pyridine rings is 1. The lowest BCUT2D eigenvalue weighted by Crippen LogP contribution is -2.43. The smallest absolute Gasteiger partial charge is 0.329 e. The zero-order valence-electron chi connectivity index (χ0n) is 9.86. The quantitative estimate of drug-likeness (QED) is 0.825. The number of carboxylic acid groups (broad SMARTS) is 1. The molecule has 0 spiro atoms. The number of nitrogens with zero attached hydrogens (tertiary/aromatic N) is 1. The van der Waals surface area contributed by atoms with Crippen LogP contribution >= 0.6 is 15.9 Å². The molecular weight excluding hydrogens is 300 g/mol. The van der Waals surface area contributed by atoms with Crippen molar-refractivity contribution < 1.29 is 14.6 Å². The first kappa shape index (κ1) is 13.5. The van der Waals surface area contributed by atoms with E-state index in [-0.39, 0.29) is 6.61 Å². The normalized spacial score (nSPS) is 18.5. The van der Waals surface area contributed by atoms with Crippen LogP contribution in [0.4, 0.5) is 0 Å². The Bertz CT molecular complexity index is 433. The van der Waals surface area contributed by atoms with E-state index in [1.54, 1.807) is 6.20 Å². The van der Waals surface area contributed by atoms with Crippen LogP contribution in [-0.4, -0.2) is 35.8 Å². The van der Waals surface area contributed by atoms with Crippen LogP contribution < -0.4 is 5.32 Å². The number of nitrogens with one attached hydrogen (secondary N) is 1. The number of hydrogen-bond donors (Lipinski definition) is 2. The highest BCUT2D eigenvalue weighted by atomic mass is 79.9. The van der Waals surface area contributed by atoms with E-state index in [2.05, 4.69) is 26.2 Å². The van der Waals surface area contributed by atoms with Crippen LogP contribution in [0.3, 0.4) is 0 Å². The Morgan fingerprint density at radius 3 is 2.89 bits per heavy atom. The highest BCUT2D eigenvalue weighted by molar-refractivity contribution is 9.10. The van der Waals surface area contributed by atoms with E-state index in [0.29, 0.717) is 0 Å². The lowest BCUT2D eigenvalue weighted by molar-refractivity contribution is -0.153. The van der Waals surface area contributed by atoms with Gasteiger partial charge in [-0.15, -0.1) is 0 Å². The third-order valence-corrected chi connectivity index (χ3v) is 3.77. The fourth-order valence-corrected chi connectivity index (χ4v) is 2.86. The van der Waals surface area contributed by atoms with Crippen molar-refractivity contribution >= 4 is 21.9 Å². The van der Waals surface area contributed by atoms with Gasteiger partial charge in [0.2, 0.25) is 0 Å². The molecule has 0 unspecified atom stereocenters. The largest absolute Gasteiger partial charge is 0.480 e. The zero-order valence-corrected chi connectivity index (χ0v) is 11.4. The number of halogens is 1. The van der Waals surface area contributed by atoms with Crippen molar-refractivity contribution in [2.75, 3.05) is 19.7 Å². The summed E-state index contributed by atoms with van der Waals surface area (Å²) in [5.41, 5.74) is 0.365. The third kappa shape index (κ3) is 2.88. The van der Waals surface area contributed by atoms with Crippen LogP contribution in [0.25, 0.3) is 0 Å². The number of rotatable bonds is 4. The summed E-state index contributed by atoms with van der Waals surface area (Å²) in [7, 11) is 0. The molecule has 1 aromatic heterocycles. The van der Waals surface area contributed by atoms with Gasteiger partial charge in [0.25, 0.3) is 0 Å². The molecule has 0 atom stereocenters. The lowest BCUT2D eigenvalue weighted by atomic mass is 9.85. The topological polar surface area (TPSA) is 71.5 Å². The van der Waals surface area contributed by atoms with Crippen LogP contribution in [0.2, 0.25) is 0 Å². The minimum atomic E-state index is -0.951. The maximum atomic E-state index is 10.7. The molecule has 1 aliphatic rings. The molecule has 0 aliphatic carbocycles. The molecule has 5 nitrogen and oxygen atoms in total. The summed E-state index contributed by atoms with van der Waals surface area (Å²) in [6.07, 6.45) is 3.18. The van der Waals surface area contributed by atoms with Crippen molar-refractivity contribution in [3.05, 3.63) is 28.5 Å². The van der Waals surface area contributed by atoms with Gasteiger partial charge in [-0.1, -0.05) is 6.07 Å². The van der Waals surface area contributed by atoms with Crippen molar-refractivity contribution in [1.82, 2.24) is 10.3 Å². The molecule has 0 aromatic carbocycles. The van der Waals surface area contributed by atoms with Gasteiger partial charge in [0.15, 0.2) is 0 Å². The lowest BCUT2D eigenvalue weighted by Gasteiger charge is -2.37. The summed E-state index contributed by atoms with van der Waals surface area (Å²) in [5.74, 6) is -0.951. The number of aromatic nitrogens is 1. The van der Waals surface area contributed by atoms with E-state index in [9.17, 15) is 4.79 Å². The van der Waals surface area contributed by atoms with Gasteiger partial charge in [-0.05, 0) is 47.9 Å². The van der Waals surface area contributed by atoms with Crippen LogP contribution in [-0.2, 0) is 15.1 Å². The number of piperidine rings is 1. The summed E-state index contributed by atoms with van der Waals surface area (Å²) < 4.78 is 6.41. The number of aliphatic carboxylic acids is 1. The molecule has 0 radical (unpaired) electrons. The molecule has 0 amide bonds. The SMILES string of the molecule is O=C(O)COC1(c2cccnc2Br)CCNCC1. The number of carboxylic acids is 1. The zero-order chi connectivity index (χ0) is 13.0. The maximum Gasteiger partial charge on any atom is 0.329 e. The van der Waals surface area contributed by atoms with Crippen molar-refractivity contribution in [3.8, 4) is 0 Å². The molecule has 2 N–H and O–H groups in total. The van der Waals surface area contributed by atoms with Crippen molar-refractivity contribution in [2.45, 2.75) is 18.4 Å². The van der Waals surface area contributed by atoms with E-state index in [0.717, 1.165) is 36.1 Å². The number of ether oxygens (including phenoxy) is 1. The first-order valence-electron chi connectivity index (χ1n) is 5.81. The molecule has 0 bridgehead atoms. The Labute approximate surface area is 114 Å². The van der Waals surface area contributed by atoms with Gasteiger partial charge in [-0.2, -0.15) is 0 Å².